The van der Waals surface area contributed by atoms with Crippen molar-refractivity contribution in [3.8, 4) is 0 Å². The number of hydrogen-bond acceptors (Lipinski definition) is 5. The first kappa shape index (κ1) is 15.6. The Kier molecular flexibility index (Phi) is 4.71. The Bertz CT molecular complexity index is 656. The second-order valence-electron chi connectivity index (χ2n) is 4.67. The molecule has 0 bridgehead atoms. The molecule has 0 amide bonds. The molecule has 1 fully saturated rings. The maximum absolute atomic E-state index is 12.6. The highest BCUT2D eigenvalue weighted by Crippen LogP contribution is 2.20. The highest BCUT2D eigenvalue weighted by atomic mass is 32.2. The van der Waals surface area contributed by atoms with Gasteiger partial charge in [0.05, 0.1) is 13.2 Å². The summed E-state index contributed by atoms with van der Waals surface area (Å²) in [6, 6.07) is 1.16. The van der Waals surface area contributed by atoms with Crippen molar-refractivity contribution in [1.82, 2.24) is 9.29 Å². The van der Waals surface area contributed by atoms with Crippen molar-refractivity contribution in [1.29, 1.82) is 0 Å². The van der Waals surface area contributed by atoms with Gasteiger partial charge >= 0.3 is 5.97 Å². The molecule has 1 aliphatic heterocycles. The van der Waals surface area contributed by atoms with Gasteiger partial charge in [-0.2, -0.15) is 4.31 Å². The van der Waals surface area contributed by atoms with Gasteiger partial charge in [0.1, 0.15) is 4.90 Å². The Labute approximate surface area is 122 Å². The fourth-order valence-corrected chi connectivity index (χ4v) is 3.64. The summed E-state index contributed by atoms with van der Waals surface area (Å²) in [5.41, 5.74) is 0.416. The van der Waals surface area contributed by atoms with Crippen LogP contribution in [-0.2, 0) is 19.6 Å². The minimum atomic E-state index is -3.66. The van der Waals surface area contributed by atoms with Gasteiger partial charge in [-0.3, -0.25) is 4.98 Å². The van der Waals surface area contributed by atoms with Gasteiger partial charge < -0.3 is 9.84 Å². The number of hydrogen-bond donors (Lipinski definition) is 1. The molecule has 1 unspecified atom stereocenters. The number of morpholine rings is 1. The first-order chi connectivity index (χ1) is 9.91. The van der Waals surface area contributed by atoms with Gasteiger partial charge in [-0.05, 0) is 24.6 Å². The van der Waals surface area contributed by atoms with Crippen LogP contribution in [0.4, 0.5) is 0 Å². The van der Waals surface area contributed by atoms with Crippen molar-refractivity contribution in [2.75, 3.05) is 19.8 Å². The van der Waals surface area contributed by atoms with Crippen LogP contribution in [0, 0.1) is 0 Å². The van der Waals surface area contributed by atoms with Gasteiger partial charge in [0, 0.05) is 31.1 Å². The average Bonchev–Trinajstić information content (AvgIpc) is 2.45. The number of aromatic nitrogens is 1. The normalized spacial score (nSPS) is 20.7. The first-order valence-corrected chi connectivity index (χ1v) is 7.81. The maximum Gasteiger partial charge on any atom is 0.328 e. The fraction of sp³-hybridized carbons (Fsp3) is 0.385. The minimum Gasteiger partial charge on any atom is -0.478 e. The van der Waals surface area contributed by atoms with Crippen molar-refractivity contribution in [2.45, 2.75) is 17.9 Å². The van der Waals surface area contributed by atoms with E-state index in [-0.39, 0.29) is 10.9 Å². The first-order valence-electron chi connectivity index (χ1n) is 6.37. The number of carboxylic acid groups (broad SMARTS) is 1. The van der Waals surface area contributed by atoms with Crippen molar-refractivity contribution >= 4 is 22.1 Å². The van der Waals surface area contributed by atoms with Crippen LogP contribution in [-0.4, -0.2) is 54.6 Å². The van der Waals surface area contributed by atoms with Crippen molar-refractivity contribution < 1.29 is 23.1 Å². The molecule has 0 radical (unpaired) electrons. The molecule has 1 aromatic heterocycles. The van der Waals surface area contributed by atoms with E-state index in [4.69, 9.17) is 9.84 Å². The zero-order valence-electron chi connectivity index (χ0n) is 11.5. The summed E-state index contributed by atoms with van der Waals surface area (Å²) in [7, 11) is -3.66. The molecule has 1 N–H and O–H groups in total. The monoisotopic (exact) mass is 312 g/mol. The molecular formula is C13H16N2O5S. The third-order valence-corrected chi connectivity index (χ3v) is 5.04. The lowest BCUT2D eigenvalue weighted by atomic mass is 10.2. The van der Waals surface area contributed by atoms with Crippen LogP contribution in [0.5, 0.6) is 0 Å². The Balaban J connectivity index is 2.32. The summed E-state index contributed by atoms with van der Waals surface area (Å²) >= 11 is 0. The van der Waals surface area contributed by atoms with Crippen LogP contribution < -0.4 is 0 Å². The lowest BCUT2D eigenvalue weighted by molar-refractivity contribution is -0.131. The molecule has 2 heterocycles. The van der Waals surface area contributed by atoms with Crippen LogP contribution in [0.25, 0.3) is 6.08 Å². The van der Waals surface area contributed by atoms with Gasteiger partial charge in [-0.1, -0.05) is 0 Å². The van der Waals surface area contributed by atoms with Crippen LogP contribution in [0.3, 0.4) is 0 Å². The second kappa shape index (κ2) is 6.33. The van der Waals surface area contributed by atoms with Crippen molar-refractivity contribution in [3.05, 3.63) is 30.1 Å². The lowest BCUT2D eigenvalue weighted by Gasteiger charge is -2.32. The molecule has 0 saturated carbocycles. The third-order valence-electron chi connectivity index (χ3n) is 3.07. The standard InChI is InChI=1S/C13H16N2O5S/c1-10-9-20-5-4-15(10)21(18,19)12-6-11(7-14-8-12)2-3-13(16)17/h2-3,6-8,10H,4-5,9H2,1H3,(H,16,17). The molecule has 1 aliphatic rings. The van der Waals surface area contributed by atoms with Gasteiger partial charge in [0.2, 0.25) is 10.0 Å². The van der Waals surface area contributed by atoms with E-state index >= 15 is 0 Å². The summed E-state index contributed by atoms with van der Waals surface area (Å²) < 4.78 is 31.8. The highest BCUT2D eigenvalue weighted by Gasteiger charge is 2.31. The molecule has 1 atom stereocenters. The minimum absolute atomic E-state index is 0.0452. The predicted molar refractivity (Wildman–Crippen MR) is 75.1 cm³/mol. The molecule has 1 aromatic rings. The van der Waals surface area contributed by atoms with Gasteiger partial charge in [0.25, 0.3) is 0 Å². The number of pyridine rings is 1. The number of ether oxygens (including phenoxy) is 1. The number of rotatable bonds is 4. The summed E-state index contributed by atoms with van der Waals surface area (Å²) in [5.74, 6) is -1.11. The quantitative estimate of drug-likeness (QED) is 0.817. The summed E-state index contributed by atoms with van der Waals surface area (Å²) in [5, 5.41) is 8.59. The number of nitrogens with zero attached hydrogens (tertiary/aromatic N) is 2. The van der Waals surface area contributed by atoms with E-state index in [2.05, 4.69) is 4.98 Å². The van der Waals surface area contributed by atoms with Gasteiger partial charge in [-0.15, -0.1) is 0 Å². The number of sulfonamides is 1. The molecule has 21 heavy (non-hydrogen) atoms. The van der Waals surface area contributed by atoms with Crippen LogP contribution in [0.2, 0.25) is 0 Å². The molecule has 2 rings (SSSR count). The lowest BCUT2D eigenvalue weighted by Crippen LogP contribution is -2.46. The average molecular weight is 312 g/mol. The summed E-state index contributed by atoms with van der Waals surface area (Å²) in [6.45, 7) is 2.78. The zero-order valence-corrected chi connectivity index (χ0v) is 12.3. The molecule has 114 valence electrons. The maximum atomic E-state index is 12.6. The van der Waals surface area contributed by atoms with E-state index in [0.717, 1.165) is 6.08 Å². The Morgan fingerprint density at radius 1 is 1.52 bits per heavy atom. The summed E-state index contributed by atoms with van der Waals surface area (Å²) in [6.07, 6.45) is 4.90. The van der Waals surface area contributed by atoms with E-state index in [1.54, 1.807) is 6.92 Å². The molecule has 1 saturated heterocycles. The van der Waals surface area contributed by atoms with E-state index in [0.29, 0.717) is 25.3 Å². The Hall–Kier alpha value is -1.77. The van der Waals surface area contributed by atoms with E-state index < -0.39 is 16.0 Å². The molecule has 0 aromatic carbocycles. The SMILES string of the molecule is CC1COCCN1S(=O)(=O)c1cncc(C=CC(=O)O)c1. The number of carboxylic acids is 1. The van der Waals surface area contributed by atoms with Crippen LogP contribution in [0.1, 0.15) is 12.5 Å². The third kappa shape index (κ3) is 3.66. The topological polar surface area (TPSA) is 96.8 Å². The number of aliphatic carboxylic acids is 1. The predicted octanol–water partition coefficient (Wildman–Crippen LogP) is 0.589. The fourth-order valence-electron chi connectivity index (χ4n) is 2.04. The molecular weight excluding hydrogens is 296 g/mol. The largest absolute Gasteiger partial charge is 0.478 e. The summed E-state index contributed by atoms with van der Waals surface area (Å²) in [4.78, 5) is 14.4. The van der Waals surface area contributed by atoms with Crippen LogP contribution in [0.15, 0.2) is 29.4 Å². The Morgan fingerprint density at radius 2 is 2.29 bits per heavy atom. The van der Waals surface area contributed by atoms with E-state index in [1.165, 1.54) is 28.8 Å². The highest BCUT2D eigenvalue weighted by molar-refractivity contribution is 7.89. The molecule has 8 heteroatoms. The van der Waals surface area contributed by atoms with Crippen molar-refractivity contribution in [2.24, 2.45) is 0 Å². The van der Waals surface area contributed by atoms with E-state index in [1.807, 2.05) is 0 Å². The second-order valence-corrected chi connectivity index (χ2v) is 6.56. The van der Waals surface area contributed by atoms with Gasteiger partial charge in [0.15, 0.2) is 0 Å². The zero-order chi connectivity index (χ0) is 15.5. The van der Waals surface area contributed by atoms with E-state index in [9.17, 15) is 13.2 Å². The van der Waals surface area contributed by atoms with Crippen LogP contribution >= 0.6 is 0 Å². The molecule has 0 spiro atoms. The molecule has 7 nitrogen and oxygen atoms in total. The molecule has 0 aliphatic carbocycles. The Morgan fingerprint density at radius 3 is 2.95 bits per heavy atom. The van der Waals surface area contributed by atoms with Crippen molar-refractivity contribution in [3.63, 3.8) is 0 Å². The smallest absolute Gasteiger partial charge is 0.328 e. The van der Waals surface area contributed by atoms with Gasteiger partial charge in [-0.25, -0.2) is 13.2 Å². The number of carbonyl (C=O) groups is 1.